The van der Waals surface area contributed by atoms with Crippen molar-refractivity contribution in [3.63, 3.8) is 0 Å². The molecule has 0 bridgehead atoms. The van der Waals surface area contributed by atoms with Gasteiger partial charge in [0.25, 0.3) is 5.91 Å². The van der Waals surface area contributed by atoms with Gasteiger partial charge in [0.1, 0.15) is 11.5 Å². The molecule has 2 rings (SSSR count). The van der Waals surface area contributed by atoms with Gasteiger partial charge in [0.2, 0.25) is 0 Å². The van der Waals surface area contributed by atoms with Crippen LogP contribution in [0.5, 0.6) is 5.75 Å². The molecule has 5 heteroatoms. The molecule has 0 fully saturated rings. The third-order valence-electron chi connectivity index (χ3n) is 2.84. The van der Waals surface area contributed by atoms with E-state index in [0.29, 0.717) is 16.5 Å². The van der Waals surface area contributed by atoms with Crippen LogP contribution in [0.3, 0.4) is 0 Å². The Morgan fingerprint density at radius 1 is 1.45 bits per heavy atom. The van der Waals surface area contributed by atoms with Gasteiger partial charge in [0.05, 0.1) is 12.3 Å². The largest absolute Gasteiger partial charge is 0.484 e. The van der Waals surface area contributed by atoms with E-state index in [-0.39, 0.29) is 18.6 Å². The second-order valence-electron chi connectivity index (χ2n) is 4.50. The molecule has 1 N–H and O–H groups in total. The van der Waals surface area contributed by atoms with E-state index in [1.807, 2.05) is 19.9 Å². The topological polar surface area (TPSA) is 51.5 Å². The standard InChI is InChI=1S/C15H16ClNO3/c1-10-8-12(16)5-6-13(10)20-9-15(18)17-11(2)14-4-3-7-19-14/h3-8,11H,9H2,1-2H3,(H,17,18). The van der Waals surface area contributed by atoms with E-state index in [1.54, 1.807) is 30.5 Å². The van der Waals surface area contributed by atoms with Crippen LogP contribution in [0.15, 0.2) is 41.0 Å². The van der Waals surface area contributed by atoms with Crippen molar-refractivity contribution in [2.75, 3.05) is 6.61 Å². The molecule has 1 unspecified atom stereocenters. The summed E-state index contributed by atoms with van der Waals surface area (Å²) in [5.41, 5.74) is 0.893. The van der Waals surface area contributed by atoms with E-state index >= 15 is 0 Å². The second kappa shape index (κ2) is 6.48. The molecule has 0 radical (unpaired) electrons. The summed E-state index contributed by atoms with van der Waals surface area (Å²) in [5, 5.41) is 3.44. The van der Waals surface area contributed by atoms with Gasteiger partial charge in [-0.15, -0.1) is 0 Å². The SMILES string of the molecule is Cc1cc(Cl)ccc1OCC(=O)NC(C)c1ccco1. The van der Waals surface area contributed by atoms with Crippen molar-refractivity contribution in [1.29, 1.82) is 0 Å². The summed E-state index contributed by atoms with van der Waals surface area (Å²) in [6, 6.07) is 8.68. The van der Waals surface area contributed by atoms with E-state index in [1.165, 1.54) is 0 Å². The van der Waals surface area contributed by atoms with Crippen LogP contribution in [0.4, 0.5) is 0 Å². The molecule has 1 heterocycles. The van der Waals surface area contributed by atoms with E-state index in [2.05, 4.69) is 5.32 Å². The summed E-state index contributed by atoms with van der Waals surface area (Å²) >= 11 is 5.86. The van der Waals surface area contributed by atoms with Crippen LogP contribution in [0, 0.1) is 6.92 Å². The number of nitrogens with one attached hydrogen (secondary N) is 1. The number of carbonyl (C=O) groups excluding carboxylic acids is 1. The van der Waals surface area contributed by atoms with Gasteiger partial charge < -0.3 is 14.5 Å². The maximum atomic E-state index is 11.8. The van der Waals surface area contributed by atoms with Gasteiger partial charge in [-0.2, -0.15) is 0 Å². The Morgan fingerprint density at radius 2 is 2.25 bits per heavy atom. The highest BCUT2D eigenvalue weighted by atomic mass is 35.5. The van der Waals surface area contributed by atoms with Gasteiger partial charge in [-0.25, -0.2) is 0 Å². The number of hydrogen-bond donors (Lipinski definition) is 1. The lowest BCUT2D eigenvalue weighted by molar-refractivity contribution is -0.123. The first-order valence-electron chi connectivity index (χ1n) is 6.28. The minimum absolute atomic E-state index is 0.0481. The van der Waals surface area contributed by atoms with Crippen LogP contribution in [0.1, 0.15) is 24.3 Å². The molecular formula is C15H16ClNO3. The molecule has 0 saturated carbocycles. The fourth-order valence-corrected chi connectivity index (χ4v) is 2.04. The summed E-state index contributed by atoms with van der Waals surface area (Å²) < 4.78 is 10.7. The minimum Gasteiger partial charge on any atom is -0.484 e. The van der Waals surface area contributed by atoms with Crippen molar-refractivity contribution >= 4 is 17.5 Å². The zero-order chi connectivity index (χ0) is 14.5. The first-order valence-corrected chi connectivity index (χ1v) is 6.66. The zero-order valence-electron chi connectivity index (χ0n) is 11.4. The average Bonchev–Trinajstić information content (AvgIpc) is 2.91. The molecule has 1 atom stereocenters. The van der Waals surface area contributed by atoms with Crippen LogP contribution in [-0.4, -0.2) is 12.5 Å². The van der Waals surface area contributed by atoms with Crippen molar-refractivity contribution in [2.45, 2.75) is 19.9 Å². The van der Waals surface area contributed by atoms with Crippen LogP contribution >= 0.6 is 11.6 Å². The Labute approximate surface area is 122 Å². The molecule has 0 spiro atoms. The van der Waals surface area contributed by atoms with Gasteiger partial charge >= 0.3 is 0 Å². The average molecular weight is 294 g/mol. The number of aryl methyl sites for hydroxylation is 1. The van der Waals surface area contributed by atoms with Crippen LogP contribution in [0.25, 0.3) is 0 Å². The number of amides is 1. The Bertz CT molecular complexity index is 581. The van der Waals surface area contributed by atoms with Crippen molar-refractivity contribution in [1.82, 2.24) is 5.32 Å². The number of ether oxygens (including phenoxy) is 1. The third-order valence-corrected chi connectivity index (χ3v) is 3.08. The number of rotatable bonds is 5. The summed E-state index contributed by atoms with van der Waals surface area (Å²) in [6.45, 7) is 3.68. The normalized spacial score (nSPS) is 11.9. The zero-order valence-corrected chi connectivity index (χ0v) is 12.1. The van der Waals surface area contributed by atoms with Crippen LogP contribution in [0.2, 0.25) is 5.02 Å². The van der Waals surface area contributed by atoms with Gasteiger partial charge in [0, 0.05) is 5.02 Å². The molecule has 2 aromatic rings. The van der Waals surface area contributed by atoms with E-state index < -0.39 is 0 Å². The number of hydrogen-bond acceptors (Lipinski definition) is 3. The molecular weight excluding hydrogens is 278 g/mol. The molecule has 0 saturated heterocycles. The minimum atomic E-state index is -0.205. The summed E-state index contributed by atoms with van der Waals surface area (Å²) in [7, 11) is 0. The second-order valence-corrected chi connectivity index (χ2v) is 4.94. The smallest absolute Gasteiger partial charge is 0.258 e. The first kappa shape index (κ1) is 14.5. The van der Waals surface area contributed by atoms with E-state index in [4.69, 9.17) is 20.8 Å². The molecule has 1 aromatic carbocycles. The fourth-order valence-electron chi connectivity index (χ4n) is 1.81. The predicted octanol–water partition coefficient (Wildman–Crippen LogP) is 3.50. The lowest BCUT2D eigenvalue weighted by Gasteiger charge is -2.13. The molecule has 20 heavy (non-hydrogen) atoms. The van der Waals surface area contributed by atoms with Gasteiger partial charge in [-0.05, 0) is 49.7 Å². The Balaban J connectivity index is 1.86. The number of halogens is 1. The molecule has 1 aromatic heterocycles. The Hall–Kier alpha value is -1.94. The molecule has 4 nitrogen and oxygen atoms in total. The summed E-state index contributed by atoms with van der Waals surface area (Å²) in [6.07, 6.45) is 1.57. The Kier molecular flexibility index (Phi) is 4.69. The molecule has 106 valence electrons. The first-order chi connectivity index (χ1) is 9.56. The van der Waals surface area contributed by atoms with Gasteiger partial charge in [-0.3, -0.25) is 4.79 Å². The number of furan rings is 1. The molecule has 1 amide bonds. The predicted molar refractivity (Wildman–Crippen MR) is 76.9 cm³/mol. The van der Waals surface area contributed by atoms with Gasteiger partial charge in [-0.1, -0.05) is 11.6 Å². The lowest BCUT2D eigenvalue weighted by atomic mass is 10.2. The van der Waals surface area contributed by atoms with Crippen molar-refractivity contribution in [3.8, 4) is 5.75 Å². The summed E-state index contributed by atoms with van der Waals surface area (Å²) in [5.74, 6) is 1.15. The van der Waals surface area contributed by atoms with Crippen molar-refractivity contribution in [2.24, 2.45) is 0 Å². The fraction of sp³-hybridized carbons (Fsp3) is 0.267. The van der Waals surface area contributed by atoms with E-state index in [0.717, 1.165) is 5.56 Å². The summed E-state index contributed by atoms with van der Waals surface area (Å²) in [4.78, 5) is 11.8. The van der Waals surface area contributed by atoms with E-state index in [9.17, 15) is 4.79 Å². The highest BCUT2D eigenvalue weighted by Crippen LogP contribution is 2.21. The van der Waals surface area contributed by atoms with Crippen molar-refractivity contribution < 1.29 is 13.9 Å². The number of benzene rings is 1. The third kappa shape index (κ3) is 3.78. The van der Waals surface area contributed by atoms with Gasteiger partial charge in [0.15, 0.2) is 6.61 Å². The quantitative estimate of drug-likeness (QED) is 0.918. The van der Waals surface area contributed by atoms with Crippen molar-refractivity contribution in [3.05, 3.63) is 52.9 Å². The molecule has 0 aliphatic carbocycles. The molecule has 0 aliphatic heterocycles. The highest BCUT2D eigenvalue weighted by Gasteiger charge is 2.12. The number of carbonyl (C=O) groups is 1. The maximum Gasteiger partial charge on any atom is 0.258 e. The Morgan fingerprint density at radius 3 is 2.90 bits per heavy atom. The maximum absolute atomic E-state index is 11.8. The molecule has 0 aliphatic rings. The lowest BCUT2D eigenvalue weighted by Crippen LogP contribution is -2.31. The van der Waals surface area contributed by atoms with Crippen LogP contribution in [-0.2, 0) is 4.79 Å². The van der Waals surface area contributed by atoms with Crippen LogP contribution < -0.4 is 10.1 Å². The highest BCUT2D eigenvalue weighted by molar-refractivity contribution is 6.30. The monoisotopic (exact) mass is 293 g/mol.